The number of nitro groups is 1. The minimum atomic E-state index is -0.563. The molecule has 2 N–H and O–H groups in total. The van der Waals surface area contributed by atoms with Crippen molar-refractivity contribution in [2.75, 3.05) is 5.32 Å². The number of nitrogens with zero attached hydrogens (tertiary/aromatic N) is 4. The number of thiocarbonyl (C=S) groups is 1. The first-order valence-corrected chi connectivity index (χ1v) is 12.2. The molecule has 0 atom stereocenters. The first kappa shape index (κ1) is 23.9. The van der Waals surface area contributed by atoms with Gasteiger partial charge in [0.05, 0.1) is 10.6 Å². The summed E-state index contributed by atoms with van der Waals surface area (Å²) in [5.41, 5.74) is 3.24. The van der Waals surface area contributed by atoms with E-state index in [4.69, 9.17) is 16.6 Å². The van der Waals surface area contributed by atoms with Crippen LogP contribution in [0, 0.1) is 10.1 Å². The molecular weight excluding hydrogens is 516 g/mol. The van der Waals surface area contributed by atoms with Gasteiger partial charge in [-0.05, 0) is 54.0 Å². The second-order valence-electron chi connectivity index (χ2n) is 8.57. The van der Waals surface area contributed by atoms with E-state index in [-0.39, 0.29) is 16.6 Å². The van der Waals surface area contributed by atoms with Crippen molar-refractivity contribution in [3.63, 3.8) is 0 Å². The van der Waals surface area contributed by atoms with Crippen LogP contribution in [0.5, 0.6) is 0 Å². The minimum absolute atomic E-state index is 0.00846. The molecule has 39 heavy (non-hydrogen) atoms. The van der Waals surface area contributed by atoms with Crippen LogP contribution in [0.4, 0.5) is 11.4 Å². The first-order chi connectivity index (χ1) is 18.9. The lowest BCUT2D eigenvalue weighted by Crippen LogP contribution is -2.33. The summed E-state index contributed by atoms with van der Waals surface area (Å²) in [6.07, 6.45) is 0. The molecule has 190 valence electrons. The third-order valence-corrected chi connectivity index (χ3v) is 6.22. The fourth-order valence-corrected chi connectivity index (χ4v) is 4.41. The van der Waals surface area contributed by atoms with Crippen LogP contribution in [-0.2, 0) is 0 Å². The van der Waals surface area contributed by atoms with Crippen molar-refractivity contribution in [1.82, 2.24) is 20.3 Å². The molecule has 10 nitrogen and oxygen atoms in total. The van der Waals surface area contributed by atoms with Gasteiger partial charge in [-0.3, -0.25) is 20.2 Å². The molecule has 0 saturated carbocycles. The molecular formula is C28H18N6O4S. The molecule has 4 aromatic carbocycles. The van der Waals surface area contributed by atoms with Gasteiger partial charge < -0.3 is 9.73 Å². The molecule has 1 amide bonds. The summed E-state index contributed by atoms with van der Waals surface area (Å²) in [6.45, 7) is 0. The number of hydrogen-bond donors (Lipinski definition) is 2. The number of aromatic nitrogens is 3. The first-order valence-electron chi connectivity index (χ1n) is 11.8. The maximum atomic E-state index is 12.7. The van der Waals surface area contributed by atoms with E-state index in [1.54, 1.807) is 35.1 Å². The zero-order valence-electron chi connectivity index (χ0n) is 20.1. The number of non-ortho nitro benzene ring substituents is 1. The van der Waals surface area contributed by atoms with Crippen LogP contribution in [0.3, 0.4) is 0 Å². The normalized spacial score (nSPS) is 11.0. The number of carbonyl (C=O) groups excluding carboxylic acids is 1. The Labute approximate surface area is 226 Å². The van der Waals surface area contributed by atoms with Gasteiger partial charge in [0.1, 0.15) is 16.8 Å². The third-order valence-electron chi connectivity index (χ3n) is 6.02. The van der Waals surface area contributed by atoms with Gasteiger partial charge in [-0.25, -0.2) is 0 Å². The Kier molecular flexibility index (Phi) is 6.02. The van der Waals surface area contributed by atoms with Gasteiger partial charge >= 0.3 is 0 Å². The SMILES string of the molecule is O=C(NC(=S)Nc1ccc2nn(-c3cccc4ccccc34)nc2c1)c1ccc(-c2cccc([N+](=O)[O-])c2)o1. The molecule has 0 bridgehead atoms. The second-order valence-corrected chi connectivity index (χ2v) is 8.98. The maximum absolute atomic E-state index is 12.7. The summed E-state index contributed by atoms with van der Waals surface area (Å²) in [7, 11) is 0. The summed E-state index contributed by atoms with van der Waals surface area (Å²) >= 11 is 5.31. The zero-order valence-corrected chi connectivity index (χ0v) is 20.9. The molecule has 11 heteroatoms. The summed E-state index contributed by atoms with van der Waals surface area (Å²) in [5, 5.41) is 28.0. The average Bonchev–Trinajstić information content (AvgIpc) is 3.60. The molecule has 0 radical (unpaired) electrons. The van der Waals surface area contributed by atoms with E-state index in [1.807, 2.05) is 48.5 Å². The van der Waals surface area contributed by atoms with E-state index in [0.717, 1.165) is 16.5 Å². The minimum Gasteiger partial charge on any atom is -0.451 e. The summed E-state index contributed by atoms with van der Waals surface area (Å²) in [5.74, 6) is -0.233. The largest absolute Gasteiger partial charge is 0.451 e. The summed E-state index contributed by atoms with van der Waals surface area (Å²) < 4.78 is 5.61. The lowest BCUT2D eigenvalue weighted by Gasteiger charge is -2.08. The number of amides is 1. The molecule has 6 rings (SSSR count). The summed E-state index contributed by atoms with van der Waals surface area (Å²) in [6, 6.07) is 28.4. The van der Waals surface area contributed by atoms with Crippen molar-refractivity contribution in [1.29, 1.82) is 0 Å². The van der Waals surface area contributed by atoms with Crippen LogP contribution < -0.4 is 10.6 Å². The van der Waals surface area contributed by atoms with Gasteiger partial charge in [-0.2, -0.15) is 0 Å². The standard InChI is InChI=1S/C28H18N6O4S/c35-27(26-14-13-25(38-26)18-7-3-8-20(15-18)34(36)37)30-28(39)29-19-11-12-22-23(16-19)32-33(31-22)24-10-4-6-17-5-1-2-9-21(17)24/h1-16H,(H2,29,30,35,39). The van der Waals surface area contributed by atoms with Crippen LogP contribution in [0.15, 0.2) is 101 Å². The maximum Gasteiger partial charge on any atom is 0.293 e. The molecule has 0 fully saturated rings. The predicted molar refractivity (Wildman–Crippen MR) is 151 cm³/mol. The molecule has 0 saturated heterocycles. The van der Waals surface area contributed by atoms with Gasteiger partial charge in [0.25, 0.3) is 11.6 Å². The van der Waals surface area contributed by atoms with Gasteiger partial charge in [0, 0.05) is 28.8 Å². The Morgan fingerprint density at radius 3 is 2.56 bits per heavy atom. The van der Waals surface area contributed by atoms with E-state index in [9.17, 15) is 14.9 Å². The van der Waals surface area contributed by atoms with Crippen molar-refractivity contribution in [2.24, 2.45) is 0 Å². The smallest absolute Gasteiger partial charge is 0.293 e. The fourth-order valence-electron chi connectivity index (χ4n) is 4.20. The van der Waals surface area contributed by atoms with Gasteiger partial charge in [-0.1, -0.05) is 48.5 Å². The predicted octanol–water partition coefficient (Wildman–Crippen LogP) is 5.87. The third kappa shape index (κ3) is 4.81. The molecule has 0 spiro atoms. The molecule has 0 unspecified atom stereocenters. The van der Waals surface area contributed by atoms with Crippen LogP contribution in [0.2, 0.25) is 0 Å². The molecule has 0 aliphatic rings. The van der Waals surface area contributed by atoms with E-state index in [0.29, 0.717) is 28.0 Å². The Bertz CT molecular complexity index is 1910. The topological polar surface area (TPSA) is 128 Å². The monoisotopic (exact) mass is 534 g/mol. The number of benzene rings is 4. The van der Waals surface area contributed by atoms with Crippen LogP contribution >= 0.6 is 12.2 Å². The number of furan rings is 1. The van der Waals surface area contributed by atoms with Crippen LogP contribution in [-0.4, -0.2) is 30.9 Å². The number of hydrogen-bond acceptors (Lipinski definition) is 7. The fraction of sp³-hybridized carbons (Fsp3) is 0. The zero-order chi connectivity index (χ0) is 26.9. The number of nitro benzene ring substituents is 1. The summed E-state index contributed by atoms with van der Waals surface area (Å²) in [4.78, 5) is 24.8. The van der Waals surface area contributed by atoms with Crippen molar-refractivity contribution in [3.8, 4) is 17.0 Å². The van der Waals surface area contributed by atoms with Crippen LogP contribution in [0.1, 0.15) is 10.6 Å². The Morgan fingerprint density at radius 1 is 0.897 bits per heavy atom. The highest BCUT2D eigenvalue weighted by atomic mass is 32.1. The number of anilines is 1. The van der Waals surface area contributed by atoms with Crippen LogP contribution in [0.25, 0.3) is 38.8 Å². The Balaban J connectivity index is 1.16. The van der Waals surface area contributed by atoms with E-state index in [1.165, 1.54) is 18.2 Å². The number of rotatable bonds is 5. The number of nitrogens with one attached hydrogen (secondary N) is 2. The van der Waals surface area contributed by atoms with Crippen molar-refractivity contribution >= 4 is 56.4 Å². The Morgan fingerprint density at radius 2 is 1.69 bits per heavy atom. The molecule has 2 heterocycles. The molecule has 2 aromatic heterocycles. The van der Waals surface area contributed by atoms with E-state index in [2.05, 4.69) is 20.8 Å². The second kappa shape index (κ2) is 9.80. The van der Waals surface area contributed by atoms with E-state index >= 15 is 0 Å². The van der Waals surface area contributed by atoms with Crippen molar-refractivity contribution in [2.45, 2.75) is 0 Å². The number of fused-ring (bicyclic) bond motifs is 2. The highest BCUT2D eigenvalue weighted by Gasteiger charge is 2.16. The molecule has 0 aliphatic carbocycles. The quantitative estimate of drug-likeness (QED) is 0.160. The molecule has 0 aliphatic heterocycles. The van der Waals surface area contributed by atoms with Gasteiger partial charge in [-0.15, -0.1) is 15.0 Å². The van der Waals surface area contributed by atoms with Gasteiger partial charge in [0.2, 0.25) is 0 Å². The lowest BCUT2D eigenvalue weighted by molar-refractivity contribution is -0.384. The highest BCUT2D eigenvalue weighted by Crippen LogP contribution is 2.26. The van der Waals surface area contributed by atoms with Crippen molar-refractivity contribution in [3.05, 3.63) is 113 Å². The lowest BCUT2D eigenvalue weighted by atomic mass is 10.1. The average molecular weight is 535 g/mol. The van der Waals surface area contributed by atoms with Gasteiger partial charge in [0.15, 0.2) is 10.9 Å². The van der Waals surface area contributed by atoms with Crippen molar-refractivity contribution < 1.29 is 14.1 Å². The highest BCUT2D eigenvalue weighted by molar-refractivity contribution is 7.80. The number of carbonyl (C=O) groups is 1. The Hall–Kier alpha value is -5.42. The van der Waals surface area contributed by atoms with E-state index < -0.39 is 10.8 Å². The molecule has 6 aromatic rings.